The molecule has 3 heterocycles. The molecule has 13 heteroatoms. The summed E-state index contributed by atoms with van der Waals surface area (Å²) in [5.41, 5.74) is 2.59. The first-order valence-electron chi connectivity index (χ1n) is 12.9. The predicted molar refractivity (Wildman–Crippen MR) is 148 cm³/mol. The first kappa shape index (κ1) is 28.0. The van der Waals surface area contributed by atoms with Crippen LogP contribution in [-0.2, 0) is 9.53 Å². The minimum Gasteiger partial charge on any atom is -0.494 e. The van der Waals surface area contributed by atoms with E-state index >= 15 is 0 Å². The highest BCUT2D eigenvalue weighted by molar-refractivity contribution is 5.99. The van der Waals surface area contributed by atoms with Crippen LogP contribution in [0, 0.1) is 5.41 Å². The summed E-state index contributed by atoms with van der Waals surface area (Å²) in [6.45, 7) is 6.78. The maximum atomic E-state index is 13.2. The maximum Gasteiger partial charge on any atom is 0.573 e. The fraction of sp³-hybridized carbons (Fsp3) is 0.321. The fourth-order valence-corrected chi connectivity index (χ4v) is 4.74. The summed E-state index contributed by atoms with van der Waals surface area (Å²) in [6.07, 6.45) is -0.838. The Labute approximate surface area is 234 Å². The number of nitrogens with zero attached hydrogens (tertiary/aromatic N) is 3. The number of ether oxygens (including phenoxy) is 3. The molecule has 2 saturated heterocycles. The van der Waals surface area contributed by atoms with Crippen molar-refractivity contribution in [2.24, 2.45) is 5.41 Å². The second-order valence-corrected chi connectivity index (χ2v) is 9.84. The molecule has 2 aromatic carbocycles. The molecule has 1 aromatic heterocycles. The predicted octanol–water partition coefficient (Wildman–Crippen LogP) is 5.61. The van der Waals surface area contributed by atoms with E-state index in [-0.39, 0.29) is 17.2 Å². The van der Waals surface area contributed by atoms with Gasteiger partial charge < -0.3 is 35.1 Å². The minimum absolute atomic E-state index is 0.00738. The average Bonchev–Trinajstić information content (AvgIpc) is 2.93. The van der Waals surface area contributed by atoms with Gasteiger partial charge in [0.05, 0.1) is 32.2 Å². The van der Waals surface area contributed by atoms with E-state index in [4.69, 9.17) is 9.47 Å². The Balaban J connectivity index is 1.37. The van der Waals surface area contributed by atoms with Gasteiger partial charge in [0, 0.05) is 41.6 Å². The van der Waals surface area contributed by atoms with E-state index in [2.05, 4.69) is 42.1 Å². The van der Waals surface area contributed by atoms with Crippen LogP contribution >= 0.6 is 0 Å². The van der Waals surface area contributed by atoms with E-state index in [1.165, 1.54) is 7.11 Å². The van der Waals surface area contributed by atoms with Gasteiger partial charge in [-0.2, -0.15) is 4.98 Å². The van der Waals surface area contributed by atoms with Crippen molar-refractivity contribution in [2.75, 3.05) is 54.3 Å². The molecule has 0 saturated carbocycles. The van der Waals surface area contributed by atoms with Crippen molar-refractivity contribution in [2.45, 2.75) is 19.2 Å². The molecule has 10 nitrogen and oxygen atoms in total. The third-order valence-corrected chi connectivity index (χ3v) is 7.00. The quantitative estimate of drug-likeness (QED) is 0.283. The van der Waals surface area contributed by atoms with Gasteiger partial charge in [-0.25, -0.2) is 4.98 Å². The van der Waals surface area contributed by atoms with Crippen LogP contribution in [0.3, 0.4) is 0 Å². The summed E-state index contributed by atoms with van der Waals surface area (Å²) in [5, 5.41) is 8.46. The van der Waals surface area contributed by atoms with Gasteiger partial charge in [-0.1, -0.05) is 12.6 Å². The number of carbonyl (C=O) groups is 1. The van der Waals surface area contributed by atoms with Gasteiger partial charge in [-0.3, -0.25) is 4.79 Å². The summed E-state index contributed by atoms with van der Waals surface area (Å²) in [7, 11) is 1.49. The van der Waals surface area contributed by atoms with Crippen LogP contribution in [0.1, 0.15) is 12.8 Å². The van der Waals surface area contributed by atoms with Crippen molar-refractivity contribution in [3.05, 3.63) is 61.3 Å². The lowest BCUT2D eigenvalue weighted by atomic mass is 9.77. The Morgan fingerprint density at radius 2 is 1.85 bits per heavy atom. The standard InChI is InChI=1S/C28H29F3N6O4/c1-3-24(38)33-18-5-4-6-19(13-18)34-26-32-15-23(41-28(29,30)31)25(36-26)35-21-8-7-20(14-22(21)39-2)37-11-9-27(10-12-37)16-40-17-27/h3-8,13-15H,1,9-12,16-17H2,2H3,(H,33,38)(H2,32,34,35,36). The Kier molecular flexibility index (Phi) is 7.88. The van der Waals surface area contributed by atoms with E-state index < -0.39 is 18.0 Å². The number of alkyl halides is 3. The van der Waals surface area contributed by atoms with Crippen molar-refractivity contribution in [1.82, 2.24) is 9.97 Å². The molecule has 41 heavy (non-hydrogen) atoms. The van der Waals surface area contributed by atoms with Crippen LogP contribution in [0.15, 0.2) is 61.3 Å². The molecule has 2 fully saturated rings. The monoisotopic (exact) mass is 570 g/mol. The van der Waals surface area contributed by atoms with Gasteiger partial charge in [0.15, 0.2) is 11.6 Å². The number of halogens is 3. The van der Waals surface area contributed by atoms with Gasteiger partial charge in [-0.15, -0.1) is 13.2 Å². The molecule has 3 aromatic rings. The van der Waals surface area contributed by atoms with Crippen LogP contribution < -0.4 is 30.3 Å². The van der Waals surface area contributed by atoms with Crippen LogP contribution in [0.25, 0.3) is 0 Å². The number of hydrogen-bond acceptors (Lipinski definition) is 9. The molecule has 0 unspecified atom stereocenters. The highest BCUT2D eigenvalue weighted by Crippen LogP contribution is 2.41. The summed E-state index contributed by atoms with van der Waals surface area (Å²) < 4.78 is 54.7. The van der Waals surface area contributed by atoms with Crippen LogP contribution in [0.2, 0.25) is 0 Å². The van der Waals surface area contributed by atoms with Crippen LogP contribution in [0.5, 0.6) is 11.5 Å². The Morgan fingerprint density at radius 3 is 2.51 bits per heavy atom. The van der Waals surface area contributed by atoms with Crippen molar-refractivity contribution < 1.29 is 32.2 Å². The van der Waals surface area contributed by atoms with E-state index in [0.717, 1.165) is 57.1 Å². The van der Waals surface area contributed by atoms with Crippen molar-refractivity contribution >= 4 is 40.4 Å². The van der Waals surface area contributed by atoms with Gasteiger partial charge in [0.2, 0.25) is 11.9 Å². The summed E-state index contributed by atoms with van der Waals surface area (Å²) in [5.74, 6) is -0.827. The molecular formula is C28H29F3N6O4. The van der Waals surface area contributed by atoms with E-state index in [1.807, 2.05) is 12.1 Å². The molecule has 0 bridgehead atoms. The molecule has 1 amide bonds. The highest BCUT2D eigenvalue weighted by Gasteiger charge is 2.41. The van der Waals surface area contributed by atoms with Gasteiger partial charge in [0.25, 0.3) is 0 Å². The van der Waals surface area contributed by atoms with Crippen LogP contribution in [0.4, 0.5) is 47.7 Å². The van der Waals surface area contributed by atoms with Gasteiger partial charge in [0.1, 0.15) is 5.75 Å². The van der Waals surface area contributed by atoms with Gasteiger partial charge in [-0.05, 0) is 49.2 Å². The van der Waals surface area contributed by atoms with Crippen molar-refractivity contribution in [1.29, 1.82) is 0 Å². The lowest BCUT2D eigenvalue weighted by molar-refractivity contribution is -0.274. The molecule has 2 aliphatic heterocycles. The molecule has 0 radical (unpaired) electrons. The number of anilines is 6. The number of methoxy groups -OCH3 is 1. The van der Waals surface area contributed by atoms with Crippen molar-refractivity contribution in [3.8, 4) is 11.5 Å². The van der Waals surface area contributed by atoms with Crippen molar-refractivity contribution in [3.63, 3.8) is 0 Å². The number of rotatable bonds is 9. The molecule has 2 aliphatic rings. The second-order valence-electron chi connectivity index (χ2n) is 9.84. The Bertz CT molecular complexity index is 1420. The summed E-state index contributed by atoms with van der Waals surface area (Å²) >= 11 is 0. The fourth-order valence-electron chi connectivity index (χ4n) is 4.74. The third kappa shape index (κ3) is 6.80. The van der Waals surface area contributed by atoms with Gasteiger partial charge >= 0.3 is 6.36 Å². The number of carbonyl (C=O) groups excluding carboxylic acids is 1. The van der Waals surface area contributed by atoms with E-state index in [1.54, 1.807) is 30.3 Å². The van der Waals surface area contributed by atoms with Crippen LogP contribution in [-0.4, -0.2) is 55.7 Å². The molecule has 5 rings (SSSR count). The topological polar surface area (TPSA) is 110 Å². The highest BCUT2D eigenvalue weighted by atomic mass is 19.4. The summed E-state index contributed by atoms with van der Waals surface area (Å²) in [6, 6.07) is 12.1. The molecule has 216 valence electrons. The SMILES string of the molecule is C=CC(=O)Nc1cccc(Nc2ncc(OC(F)(F)F)c(Nc3ccc(N4CCC5(CC4)COC5)cc3OC)n2)c1. The molecule has 0 aliphatic carbocycles. The molecule has 1 spiro atoms. The zero-order valence-corrected chi connectivity index (χ0v) is 22.3. The number of benzene rings is 2. The number of aromatic nitrogens is 2. The van der Waals surface area contributed by atoms with E-state index in [9.17, 15) is 18.0 Å². The Hall–Kier alpha value is -4.52. The van der Waals surface area contributed by atoms with E-state index in [0.29, 0.717) is 22.8 Å². The number of hydrogen-bond donors (Lipinski definition) is 3. The molecule has 0 atom stereocenters. The maximum absolute atomic E-state index is 13.2. The summed E-state index contributed by atoms with van der Waals surface area (Å²) in [4.78, 5) is 22.1. The average molecular weight is 571 g/mol. The number of amides is 1. The first-order chi connectivity index (χ1) is 19.6. The zero-order valence-electron chi connectivity index (χ0n) is 22.3. The second kappa shape index (κ2) is 11.5. The largest absolute Gasteiger partial charge is 0.573 e. The molecular weight excluding hydrogens is 541 g/mol. The lowest BCUT2D eigenvalue weighted by Crippen LogP contribution is -2.50. The number of nitrogens with one attached hydrogen (secondary N) is 3. The smallest absolute Gasteiger partial charge is 0.494 e. The Morgan fingerprint density at radius 1 is 1.10 bits per heavy atom. The first-order valence-corrected chi connectivity index (χ1v) is 12.9. The molecule has 3 N–H and O–H groups in total. The lowest BCUT2D eigenvalue weighted by Gasteiger charge is -2.47. The number of piperidine rings is 1. The normalized spacial score (nSPS) is 16.0. The third-order valence-electron chi connectivity index (χ3n) is 7.00. The zero-order chi connectivity index (χ0) is 29.0. The minimum atomic E-state index is -4.96.